The fourth-order valence-corrected chi connectivity index (χ4v) is 3.59. The van der Waals surface area contributed by atoms with Crippen molar-refractivity contribution in [3.8, 4) is 0 Å². The first-order chi connectivity index (χ1) is 7.47. The summed E-state index contributed by atoms with van der Waals surface area (Å²) in [6.07, 6.45) is 1.71. The number of sulfonamides is 1. The van der Waals surface area contributed by atoms with Crippen LogP contribution in [0.1, 0.15) is 33.6 Å². The number of piperazine rings is 1. The molecule has 5 heteroatoms. The summed E-state index contributed by atoms with van der Waals surface area (Å²) in [5.41, 5.74) is 0. The summed E-state index contributed by atoms with van der Waals surface area (Å²) in [4.78, 5) is 2.33. The topological polar surface area (TPSA) is 40.6 Å². The van der Waals surface area contributed by atoms with Gasteiger partial charge in [-0.1, -0.05) is 13.3 Å². The smallest absolute Gasteiger partial charge is 0.214 e. The quantitative estimate of drug-likeness (QED) is 0.732. The first-order valence-electron chi connectivity index (χ1n) is 6.19. The third-order valence-electron chi connectivity index (χ3n) is 3.15. The van der Waals surface area contributed by atoms with Gasteiger partial charge in [-0.15, -0.1) is 0 Å². The van der Waals surface area contributed by atoms with E-state index < -0.39 is 10.0 Å². The molecule has 1 heterocycles. The Hall–Kier alpha value is -0.130. The highest BCUT2D eigenvalue weighted by molar-refractivity contribution is 7.89. The summed E-state index contributed by atoms with van der Waals surface area (Å²) in [5.74, 6) is 0.311. The van der Waals surface area contributed by atoms with Crippen molar-refractivity contribution >= 4 is 10.0 Å². The lowest BCUT2D eigenvalue weighted by molar-refractivity contribution is 0.154. The van der Waals surface area contributed by atoms with Gasteiger partial charge in [0, 0.05) is 32.2 Å². The van der Waals surface area contributed by atoms with E-state index >= 15 is 0 Å². The molecule has 1 saturated heterocycles. The number of rotatable bonds is 5. The molecule has 0 N–H and O–H groups in total. The number of hydrogen-bond acceptors (Lipinski definition) is 3. The van der Waals surface area contributed by atoms with E-state index in [-0.39, 0.29) is 0 Å². The maximum Gasteiger partial charge on any atom is 0.214 e. The van der Waals surface area contributed by atoms with Gasteiger partial charge in [0.05, 0.1) is 5.75 Å². The Labute approximate surface area is 99.7 Å². The van der Waals surface area contributed by atoms with Gasteiger partial charge in [0.1, 0.15) is 0 Å². The van der Waals surface area contributed by atoms with Crippen molar-refractivity contribution in [3.63, 3.8) is 0 Å². The maximum absolute atomic E-state index is 11.9. The van der Waals surface area contributed by atoms with Gasteiger partial charge in [-0.05, 0) is 20.3 Å². The summed E-state index contributed by atoms with van der Waals surface area (Å²) in [6, 6.07) is 0.514. The fraction of sp³-hybridized carbons (Fsp3) is 1.00. The first kappa shape index (κ1) is 13.9. The van der Waals surface area contributed by atoms with Gasteiger partial charge in [0.15, 0.2) is 0 Å². The van der Waals surface area contributed by atoms with Gasteiger partial charge in [-0.2, -0.15) is 4.31 Å². The van der Waals surface area contributed by atoms with Crippen LogP contribution >= 0.6 is 0 Å². The molecule has 0 aromatic rings. The van der Waals surface area contributed by atoms with Crippen LogP contribution in [0.2, 0.25) is 0 Å². The summed E-state index contributed by atoms with van der Waals surface area (Å²) < 4.78 is 25.5. The predicted molar refractivity (Wildman–Crippen MR) is 67.0 cm³/mol. The van der Waals surface area contributed by atoms with E-state index in [1.54, 1.807) is 4.31 Å². The van der Waals surface area contributed by atoms with Crippen LogP contribution in [-0.4, -0.2) is 55.6 Å². The van der Waals surface area contributed by atoms with E-state index in [0.29, 0.717) is 24.9 Å². The maximum atomic E-state index is 11.9. The zero-order chi connectivity index (χ0) is 12.2. The Bertz CT molecular complexity index is 293. The van der Waals surface area contributed by atoms with Crippen LogP contribution in [0.15, 0.2) is 0 Å². The van der Waals surface area contributed by atoms with Gasteiger partial charge in [0.25, 0.3) is 0 Å². The fourth-order valence-electron chi connectivity index (χ4n) is 1.95. The lowest BCUT2D eigenvalue weighted by atomic mass is 10.3. The lowest BCUT2D eigenvalue weighted by Crippen LogP contribution is -2.51. The molecule has 0 unspecified atom stereocenters. The molecule has 0 spiro atoms. The molecule has 96 valence electrons. The Balaban J connectivity index is 2.47. The largest absolute Gasteiger partial charge is 0.298 e. The number of unbranched alkanes of at least 4 members (excludes halogenated alkanes) is 1. The molecule has 1 aliphatic heterocycles. The zero-order valence-electron chi connectivity index (χ0n) is 10.6. The molecule has 0 bridgehead atoms. The lowest BCUT2D eigenvalue weighted by Gasteiger charge is -2.36. The molecule has 0 saturated carbocycles. The third-order valence-corrected chi connectivity index (χ3v) is 5.11. The third kappa shape index (κ3) is 3.71. The molecule has 0 radical (unpaired) electrons. The predicted octanol–water partition coefficient (Wildman–Crippen LogP) is 1.14. The van der Waals surface area contributed by atoms with Crippen LogP contribution < -0.4 is 0 Å². The minimum Gasteiger partial charge on any atom is -0.298 e. The van der Waals surface area contributed by atoms with E-state index in [1.807, 2.05) is 6.92 Å². The monoisotopic (exact) mass is 248 g/mol. The van der Waals surface area contributed by atoms with Crippen LogP contribution in [0.3, 0.4) is 0 Å². The van der Waals surface area contributed by atoms with E-state index in [2.05, 4.69) is 18.7 Å². The molecule has 0 amide bonds. The van der Waals surface area contributed by atoms with E-state index in [0.717, 1.165) is 25.9 Å². The minimum absolute atomic E-state index is 0.311. The van der Waals surface area contributed by atoms with Gasteiger partial charge in [-0.25, -0.2) is 8.42 Å². The van der Waals surface area contributed by atoms with Crippen LogP contribution in [0.25, 0.3) is 0 Å². The average molecular weight is 248 g/mol. The second-order valence-corrected chi connectivity index (χ2v) is 6.79. The van der Waals surface area contributed by atoms with Crippen LogP contribution in [0.4, 0.5) is 0 Å². The van der Waals surface area contributed by atoms with Gasteiger partial charge in [0.2, 0.25) is 10.0 Å². The highest BCUT2D eigenvalue weighted by Gasteiger charge is 2.26. The van der Waals surface area contributed by atoms with Crippen molar-refractivity contribution < 1.29 is 8.42 Å². The molecule has 0 aromatic carbocycles. The summed E-state index contributed by atoms with van der Waals surface area (Å²) in [6.45, 7) is 9.37. The van der Waals surface area contributed by atoms with Gasteiger partial charge >= 0.3 is 0 Å². The van der Waals surface area contributed by atoms with E-state index in [9.17, 15) is 8.42 Å². The van der Waals surface area contributed by atoms with Crippen molar-refractivity contribution in [2.24, 2.45) is 0 Å². The van der Waals surface area contributed by atoms with Crippen molar-refractivity contribution in [1.29, 1.82) is 0 Å². The van der Waals surface area contributed by atoms with Crippen molar-refractivity contribution in [2.75, 3.05) is 31.9 Å². The first-order valence-corrected chi connectivity index (χ1v) is 7.80. The molecule has 1 rings (SSSR count). The normalized spacial score (nSPS) is 20.5. The zero-order valence-corrected chi connectivity index (χ0v) is 11.5. The van der Waals surface area contributed by atoms with Crippen LogP contribution in [0.5, 0.6) is 0 Å². The average Bonchev–Trinajstić information content (AvgIpc) is 2.26. The van der Waals surface area contributed by atoms with Gasteiger partial charge < -0.3 is 0 Å². The van der Waals surface area contributed by atoms with Gasteiger partial charge in [-0.3, -0.25) is 4.90 Å². The van der Waals surface area contributed by atoms with Crippen molar-refractivity contribution in [3.05, 3.63) is 0 Å². The molecule has 0 atom stereocenters. The Morgan fingerprint density at radius 2 is 1.69 bits per heavy atom. The van der Waals surface area contributed by atoms with E-state index in [4.69, 9.17) is 0 Å². The minimum atomic E-state index is -2.99. The Morgan fingerprint density at radius 3 is 2.12 bits per heavy atom. The summed E-state index contributed by atoms with van der Waals surface area (Å²) in [7, 11) is -2.99. The molecule has 0 aromatic heterocycles. The van der Waals surface area contributed by atoms with E-state index in [1.165, 1.54) is 0 Å². The highest BCUT2D eigenvalue weighted by Crippen LogP contribution is 2.11. The van der Waals surface area contributed by atoms with Crippen LogP contribution in [0, 0.1) is 0 Å². The summed E-state index contributed by atoms with van der Waals surface area (Å²) >= 11 is 0. The Morgan fingerprint density at radius 1 is 1.12 bits per heavy atom. The summed E-state index contributed by atoms with van der Waals surface area (Å²) in [5, 5.41) is 0. The molecule has 0 aliphatic carbocycles. The highest BCUT2D eigenvalue weighted by atomic mass is 32.2. The molecule has 4 nitrogen and oxygen atoms in total. The van der Waals surface area contributed by atoms with Crippen LogP contribution in [-0.2, 0) is 10.0 Å². The Kier molecular flexibility index (Phi) is 5.21. The molecular weight excluding hydrogens is 224 g/mol. The van der Waals surface area contributed by atoms with Crippen molar-refractivity contribution in [1.82, 2.24) is 9.21 Å². The molecule has 1 fully saturated rings. The SMILES string of the molecule is CCCCS(=O)(=O)N1CCN(C(C)C)CC1. The molecule has 1 aliphatic rings. The van der Waals surface area contributed by atoms with Crippen molar-refractivity contribution in [2.45, 2.75) is 39.7 Å². The number of hydrogen-bond donors (Lipinski definition) is 0. The molecular formula is C11H24N2O2S. The second kappa shape index (κ2) is 5.98. The molecule has 16 heavy (non-hydrogen) atoms. The standard InChI is InChI=1S/C11H24N2O2S/c1-4-5-10-16(14,15)13-8-6-12(7-9-13)11(2)3/h11H,4-10H2,1-3H3. The number of nitrogens with zero attached hydrogens (tertiary/aromatic N) is 2. The second-order valence-electron chi connectivity index (χ2n) is 4.70.